The van der Waals surface area contributed by atoms with Gasteiger partial charge in [-0.25, -0.2) is 0 Å². The van der Waals surface area contributed by atoms with E-state index in [9.17, 15) is 4.79 Å². The molecule has 1 fully saturated rings. The molecule has 0 atom stereocenters. The maximum absolute atomic E-state index is 11.1. The highest BCUT2D eigenvalue weighted by Crippen LogP contribution is 2.33. The van der Waals surface area contributed by atoms with Crippen LogP contribution in [-0.2, 0) is 4.79 Å². The van der Waals surface area contributed by atoms with Crippen molar-refractivity contribution in [3.05, 3.63) is 18.2 Å². The molecular weight excluding hydrogens is 254 g/mol. The van der Waals surface area contributed by atoms with E-state index in [1.54, 1.807) is 6.92 Å². The molecule has 20 heavy (non-hydrogen) atoms. The Kier molecular flexibility index (Phi) is 4.71. The number of amides is 1. The number of ether oxygens (including phenoxy) is 1. The summed E-state index contributed by atoms with van der Waals surface area (Å²) in [4.78, 5) is 13.3. The van der Waals surface area contributed by atoms with Crippen LogP contribution in [0.5, 0.6) is 5.75 Å². The number of piperidine rings is 1. The van der Waals surface area contributed by atoms with E-state index in [0.717, 1.165) is 37.4 Å². The van der Waals surface area contributed by atoms with Crippen molar-refractivity contribution >= 4 is 17.3 Å². The van der Waals surface area contributed by atoms with Crippen LogP contribution in [0.15, 0.2) is 18.2 Å². The lowest BCUT2D eigenvalue weighted by Gasteiger charge is -2.34. The largest absolute Gasteiger partial charge is 0.492 e. The third-order valence-corrected chi connectivity index (χ3v) is 3.59. The van der Waals surface area contributed by atoms with Crippen molar-refractivity contribution in [2.24, 2.45) is 0 Å². The Morgan fingerprint density at radius 1 is 1.45 bits per heavy atom. The van der Waals surface area contributed by atoms with Crippen molar-refractivity contribution in [1.29, 1.82) is 0 Å². The van der Waals surface area contributed by atoms with E-state index in [2.05, 4.69) is 10.2 Å². The molecule has 1 heterocycles. The first kappa shape index (κ1) is 14.5. The van der Waals surface area contributed by atoms with Crippen LogP contribution in [-0.4, -0.2) is 31.6 Å². The molecule has 1 amide bonds. The number of anilines is 2. The van der Waals surface area contributed by atoms with Gasteiger partial charge >= 0.3 is 0 Å². The lowest BCUT2D eigenvalue weighted by atomic mass is 10.0. The van der Waals surface area contributed by atoms with Crippen molar-refractivity contribution in [1.82, 2.24) is 5.32 Å². The van der Waals surface area contributed by atoms with Gasteiger partial charge in [0.15, 0.2) is 0 Å². The zero-order chi connectivity index (χ0) is 14.5. The quantitative estimate of drug-likeness (QED) is 0.823. The van der Waals surface area contributed by atoms with Crippen molar-refractivity contribution in [3.63, 3.8) is 0 Å². The Balaban J connectivity index is 2.03. The minimum atomic E-state index is 0.0429. The standard InChI is InChI=1S/C15H23N3O2/c1-3-20-14-6-4-5-13(15(14)16)18-9-7-12(8-10-18)17-11(2)19/h4-6,12H,3,7-10,16H2,1-2H3,(H,17,19). The molecule has 0 saturated carbocycles. The molecule has 5 heteroatoms. The van der Waals surface area contributed by atoms with Gasteiger partial charge in [0.2, 0.25) is 5.91 Å². The van der Waals surface area contributed by atoms with Gasteiger partial charge in [0, 0.05) is 26.1 Å². The second-order valence-corrected chi connectivity index (χ2v) is 5.08. The number of para-hydroxylation sites is 1. The number of nitrogens with two attached hydrogens (primary N) is 1. The van der Waals surface area contributed by atoms with E-state index >= 15 is 0 Å². The van der Waals surface area contributed by atoms with Crippen LogP contribution in [0.1, 0.15) is 26.7 Å². The van der Waals surface area contributed by atoms with E-state index in [1.165, 1.54) is 0 Å². The smallest absolute Gasteiger partial charge is 0.217 e. The zero-order valence-electron chi connectivity index (χ0n) is 12.2. The molecule has 3 N–H and O–H groups in total. The molecule has 110 valence electrons. The minimum Gasteiger partial charge on any atom is -0.492 e. The van der Waals surface area contributed by atoms with Crippen molar-refractivity contribution in [2.45, 2.75) is 32.7 Å². The van der Waals surface area contributed by atoms with Gasteiger partial charge in [-0.2, -0.15) is 0 Å². The zero-order valence-corrected chi connectivity index (χ0v) is 12.2. The summed E-state index contributed by atoms with van der Waals surface area (Å²) >= 11 is 0. The molecule has 1 aliphatic heterocycles. The molecule has 0 radical (unpaired) electrons. The second-order valence-electron chi connectivity index (χ2n) is 5.08. The fourth-order valence-corrected chi connectivity index (χ4v) is 2.64. The monoisotopic (exact) mass is 277 g/mol. The molecule has 0 spiro atoms. The van der Waals surface area contributed by atoms with E-state index in [0.29, 0.717) is 12.3 Å². The summed E-state index contributed by atoms with van der Waals surface area (Å²) < 4.78 is 5.53. The highest BCUT2D eigenvalue weighted by Gasteiger charge is 2.21. The maximum atomic E-state index is 11.1. The molecule has 2 rings (SSSR count). The first-order chi connectivity index (χ1) is 9.61. The van der Waals surface area contributed by atoms with E-state index in [1.807, 2.05) is 25.1 Å². The number of carbonyl (C=O) groups excluding carboxylic acids is 1. The van der Waals surface area contributed by atoms with E-state index in [4.69, 9.17) is 10.5 Å². The topological polar surface area (TPSA) is 67.6 Å². The highest BCUT2D eigenvalue weighted by atomic mass is 16.5. The SMILES string of the molecule is CCOc1cccc(N2CCC(NC(C)=O)CC2)c1N. The van der Waals surface area contributed by atoms with Crippen LogP contribution >= 0.6 is 0 Å². The van der Waals surface area contributed by atoms with Crippen LogP contribution in [0.2, 0.25) is 0 Å². The molecule has 1 saturated heterocycles. The maximum Gasteiger partial charge on any atom is 0.217 e. The summed E-state index contributed by atoms with van der Waals surface area (Å²) in [6.07, 6.45) is 1.88. The molecule has 0 aliphatic carbocycles. The summed E-state index contributed by atoms with van der Waals surface area (Å²) in [7, 11) is 0. The highest BCUT2D eigenvalue weighted by molar-refractivity contribution is 5.75. The van der Waals surface area contributed by atoms with Gasteiger partial charge in [-0.05, 0) is 31.9 Å². The predicted octanol–water partition coefficient (Wildman–Crippen LogP) is 1.77. The minimum absolute atomic E-state index is 0.0429. The van der Waals surface area contributed by atoms with Crippen molar-refractivity contribution in [3.8, 4) is 5.75 Å². The molecule has 0 unspecified atom stereocenters. The van der Waals surface area contributed by atoms with Gasteiger partial charge < -0.3 is 20.7 Å². The van der Waals surface area contributed by atoms with Gasteiger partial charge in [-0.1, -0.05) is 6.07 Å². The second kappa shape index (κ2) is 6.50. The predicted molar refractivity (Wildman–Crippen MR) is 81.1 cm³/mol. The normalized spacial score (nSPS) is 16.0. The third-order valence-electron chi connectivity index (χ3n) is 3.59. The molecule has 0 bridgehead atoms. The average Bonchev–Trinajstić information content (AvgIpc) is 2.42. The first-order valence-corrected chi connectivity index (χ1v) is 7.15. The Morgan fingerprint density at radius 2 is 2.15 bits per heavy atom. The summed E-state index contributed by atoms with van der Waals surface area (Å²) in [5, 5.41) is 2.98. The number of nitrogens with one attached hydrogen (secondary N) is 1. The number of nitrogens with zero attached hydrogens (tertiary/aromatic N) is 1. The van der Waals surface area contributed by atoms with Crippen LogP contribution in [0.25, 0.3) is 0 Å². The molecule has 1 aromatic rings. The molecule has 5 nitrogen and oxygen atoms in total. The summed E-state index contributed by atoms with van der Waals surface area (Å²) in [6, 6.07) is 6.17. The van der Waals surface area contributed by atoms with Crippen LogP contribution < -0.4 is 20.7 Å². The molecule has 0 aromatic heterocycles. The fraction of sp³-hybridized carbons (Fsp3) is 0.533. The van der Waals surface area contributed by atoms with Crippen LogP contribution in [0.4, 0.5) is 11.4 Å². The van der Waals surface area contributed by atoms with E-state index < -0.39 is 0 Å². The third kappa shape index (κ3) is 3.35. The summed E-state index contributed by atoms with van der Waals surface area (Å²) in [6.45, 7) is 5.91. The number of nitrogen functional groups attached to an aromatic ring is 1. The number of benzene rings is 1. The first-order valence-electron chi connectivity index (χ1n) is 7.15. The van der Waals surface area contributed by atoms with Gasteiger partial charge in [0.25, 0.3) is 0 Å². The number of hydrogen-bond acceptors (Lipinski definition) is 4. The number of hydrogen-bond donors (Lipinski definition) is 2. The molecular formula is C15H23N3O2. The number of carbonyl (C=O) groups is 1. The lowest BCUT2D eigenvalue weighted by molar-refractivity contribution is -0.119. The van der Waals surface area contributed by atoms with Gasteiger partial charge in [0.05, 0.1) is 18.0 Å². The van der Waals surface area contributed by atoms with Crippen LogP contribution in [0.3, 0.4) is 0 Å². The van der Waals surface area contributed by atoms with Crippen molar-refractivity contribution < 1.29 is 9.53 Å². The lowest BCUT2D eigenvalue weighted by Crippen LogP contribution is -2.44. The van der Waals surface area contributed by atoms with Gasteiger partial charge in [0.1, 0.15) is 5.75 Å². The average molecular weight is 277 g/mol. The Morgan fingerprint density at radius 3 is 2.75 bits per heavy atom. The summed E-state index contributed by atoms with van der Waals surface area (Å²) in [5.74, 6) is 0.787. The number of rotatable bonds is 4. The van der Waals surface area contributed by atoms with Gasteiger partial charge in [-0.15, -0.1) is 0 Å². The molecule has 1 aliphatic rings. The van der Waals surface area contributed by atoms with Crippen molar-refractivity contribution in [2.75, 3.05) is 30.3 Å². The fourth-order valence-electron chi connectivity index (χ4n) is 2.64. The Hall–Kier alpha value is -1.91. The van der Waals surface area contributed by atoms with Crippen LogP contribution in [0, 0.1) is 0 Å². The Labute approximate surface area is 120 Å². The molecule has 1 aromatic carbocycles. The van der Waals surface area contributed by atoms with Gasteiger partial charge in [-0.3, -0.25) is 4.79 Å². The van der Waals surface area contributed by atoms with E-state index in [-0.39, 0.29) is 11.9 Å². The Bertz CT molecular complexity index is 468. The summed E-state index contributed by atoms with van der Waals surface area (Å²) in [5.41, 5.74) is 7.91.